The number of alkyl halides is 1. The molecule has 114 valence electrons. The van der Waals surface area contributed by atoms with Crippen molar-refractivity contribution >= 4 is 33.4 Å². The summed E-state index contributed by atoms with van der Waals surface area (Å²) in [5, 5.41) is 0.942. The fourth-order valence-corrected chi connectivity index (χ4v) is 4.63. The number of thioether (sulfide) groups is 1. The molecule has 0 radical (unpaired) electrons. The molecule has 0 aromatic carbocycles. The molecule has 1 aromatic heterocycles. The SMILES string of the molecule is Cn1c(CCl)cnc1SCC1CCCN(S(C)(=O)=O)C1. The molecule has 1 aliphatic rings. The Bertz CT molecular complexity index is 559. The second-order valence-electron chi connectivity index (χ2n) is 5.17. The van der Waals surface area contributed by atoms with Crippen LogP contribution in [0.5, 0.6) is 0 Å². The number of hydrogen-bond donors (Lipinski definition) is 0. The lowest BCUT2D eigenvalue weighted by Crippen LogP contribution is -2.39. The fraction of sp³-hybridized carbons (Fsp3) is 0.750. The zero-order valence-electron chi connectivity index (χ0n) is 11.7. The molecule has 0 saturated carbocycles. The fourth-order valence-electron chi connectivity index (χ4n) is 2.34. The predicted octanol–water partition coefficient (Wildman–Crippen LogP) is 1.92. The van der Waals surface area contributed by atoms with Crippen molar-refractivity contribution in [2.45, 2.75) is 23.9 Å². The quantitative estimate of drug-likeness (QED) is 0.608. The van der Waals surface area contributed by atoms with Crippen molar-refractivity contribution in [2.75, 3.05) is 25.1 Å². The van der Waals surface area contributed by atoms with Gasteiger partial charge in [-0.1, -0.05) is 11.8 Å². The average Bonchev–Trinajstić information content (AvgIpc) is 2.76. The topological polar surface area (TPSA) is 55.2 Å². The van der Waals surface area contributed by atoms with E-state index in [-0.39, 0.29) is 0 Å². The Balaban J connectivity index is 1.92. The number of halogens is 1. The first-order valence-electron chi connectivity index (χ1n) is 6.56. The summed E-state index contributed by atoms with van der Waals surface area (Å²) >= 11 is 7.49. The second kappa shape index (κ2) is 6.68. The number of rotatable bonds is 5. The smallest absolute Gasteiger partial charge is 0.211 e. The minimum atomic E-state index is -3.06. The Morgan fingerprint density at radius 3 is 2.90 bits per heavy atom. The Labute approximate surface area is 129 Å². The highest BCUT2D eigenvalue weighted by Crippen LogP contribution is 2.26. The van der Waals surface area contributed by atoms with E-state index < -0.39 is 10.0 Å². The van der Waals surface area contributed by atoms with Crippen LogP contribution in [0.3, 0.4) is 0 Å². The van der Waals surface area contributed by atoms with E-state index in [1.54, 1.807) is 22.3 Å². The summed E-state index contributed by atoms with van der Waals surface area (Å²) in [6, 6.07) is 0. The first-order valence-corrected chi connectivity index (χ1v) is 9.93. The van der Waals surface area contributed by atoms with E-state index in [2.05, 4.69) is 4.98 Å². The van der Waals surface area contributed by atoms with Gasteiger partial charge in [0.05, 0.1) is 24.0 Å². The first-order chi connectivity index (χ1) is 9.41. The van der Waals surface area contributed by atoms with Crippen LogP contribution in [0, 0.1) is 5.92 Å². The van der Waals surface area contributed by atoms with Gasteiger partial charge in [0.2, 0.25) is 10.0 Å². The number of aromatic nitrogens is 2. The van der Waals surface area contributed by atoms with Gasteiger partial charge in [0.15, 0.2) is 5.16 Å². The Morgan fingerprint density at radius 2 is 2.30 bits per heavy atom. The number of imidazole rings is 1. The molecule has 0 bridgehead atoms. The van der Waals surface area contributed by atoms with E-state index in [0.717, 1.165) is 29.4 Å². The highest BCUT2D eigenvalue weighted by atomic mass is 35.5. The highest BCUT2D eigenvalue weighted by Gasteiger charge is 2.26. The van der Waals surface area contributed by atoms with Gasteiger partial charge in [-0.3, -0.25) is 0 Å². The van der Waals surface area contributed by atoms with Gasteiger partial charge in [-0.2, -0.15) is 0 Å². The van der Waals surface area contributed by atoms with E-state index in [9.17, 15) is 8.42 Å². The maximum Gasteiger partial charge on any atom is 0.211 e. The van der Waals surface area contributed by atoms with Crippen molar-refractivity contribution in [3.05, 3.63) is 11.9 Å². The van der Waals surface area contributed by atoms with Gasteiger partial charge in [0.25, 0.3) is 0 Å². The van der Waals surface area contributed by atoms with Crippen LogP contribution in [0.4, 0.5) is 0 Å². The second-order valence-corrected chi connectivity index (χ2v) is 8.40. The molecule has 2 heterocycles. The van der Waals surface area contributed by atoms with Crippen molar-refractivity contribution in [2.24, 2.45) is 13.0 Å². The first kappa shape index (κ1) is 16.1. The van der Waals surface area contributed by atoms with Crippen molar-refractivity contribution in [3.63, 3.8) is 0 Å². The van der Waals surface area contributed by atoms with Crippen LogP contribution in [0.25, 0.3) is 0 Å². The molecular weight excluding hydrogens is 318 g/mol. The van der Waals surface area contributed by atoms with E-state index in [4.69, 9.17) is 11.6 Å². The molecule has 0 spiro atoms. The van der Waals surface area contributed by atoms with Gasteiger partial charge in [0.1, 0.15) is 0 Å². The number of sulfonamides is 1. The van der Waals surface area contributed by atoms with Crippen LogP contribution in [0.1, 0.15) is 18.5 Å². The third-order valence-electron chi connectivity index (χ3n) is 3.58. The maximum atomic E-state index is 11.6. The number of hydrogen-bond acceptors (Lipinski definition) is 4. The molecule has 1 unspecified atom stereocenters. The lowest BCUT2D eigenvalue weighted by atomic mass is 10.0. The molecular formula is C12H20ClN3O2S2. The van der Waals surface area contributed by atoms with E-state index in [1.807, 2.05) is 11.6 Å². The molecule has 0 aliphatic carbocycles. The van der Waals surface area contributed by atoms with Crippen molar-refractivity contribution in [1.29, 1.82) is 0 Å². The van der Waals surface area contributed by atoms with Crippen LogP contribution in [0.2, 0.25) is 0 Å². The molecule has 1 atom stereocenters. The van der Waals surface area contributed by atoms with E-state index in [1.165, 1.54) is 6.26 Å². The van der Waals surface area contributed by atoms with Gasteiger partial charge < -0.3 is 4.57 Å². The molecule has 0 amide bonds. The zero-order valence-corrected chi connectivity index (χ0v) is 14.1. The third-order valence-corrected chi connectivity index (χ3v) is 6.40. The monoisotopic (exact) mass is 337 g/mol. The van der Waals surface area contributed by atoms with Crippen LogP contribution in [-0.4, -0.2) is 47.4 Å². The molecule has 1 aliphatic heterocycles. The van der Waals surface area contributed by atoms with Crippen LogP contribution in [-0.2, 0) is 23.0 Å². The molecule has 1 fully saturated rings. The Hall–Kier alpha value is -0.240. The van der Waals surface area contributed by atoms with Crippen LogP contribution >= 0.6 is 23.4 Å². The summed E-state index contributed by atoms with van der Waals surface area (Å²) in [7, 11) is -1.11. The lowest BCUT2D eigenvalue weighted by Gasteiger charge is -2.30. The van der Waals surface area contributed by atoms with Gasteiger partial charge in [-0.05, 0) is 18.8 Å². The summed E-state index contributed by atoms with van der Waals surface area (Å²) in [5.41, 5.74) is 0.996. The molecule has 2 rings (SSSR count). The third kappa shape index (κ3) is 3.90. The normalized spacial score (nSPS) is 21.2. The molecule has 0 N–H and O–H groups in total. The molecule has 20 heavy (non-hydrogen) atoms. The Morgan fingerprint density at radius 1 is 1.55 bits per heavy atom. The van der Waals surface area contributed by atoms with Crippen molar-refractivity contribution in [3.8, 4) is 0 Å². The average molecular weight is 338 g/mol. The predicted molar refractivity (Wildman–Crippen MR) is 82.6 cm³/mol. The molecule has 1 aromatic rings. The number of nitrogens with zero attached hydrogens (tertiary/aromatic N) is 3. The summed E-state index contributed by atoms with van der Waals surface area (Å²) in [6.45, 7) is 1.28. The van der Waals surface area contributed by atoms with Crippen molar-refractivity contribution < 1.29 is 8.42 Å². The minimum absolute atomic E-state index is 0.389. The van der Waals surface area contributed by atoms with E-state index in [0.29, 0.717) is 24.9 Å². The van der Waals surface area contributed by atoms with Crippen LogP contribution in [0.15, 0.2) is 11.4 Å². The summed E-state index contributed by atoms with van der Waals surface area (Å²) in [6.07, 6.45) is 5.09. The van der Waals surface area contributed by atoms with Gasteiger partial charge >= 0.3 is 0 Å². The standard InChI is InChI=1S/C12H20ClN3O2S2/c1-15-11(6-13)7-14-12(15)19-9-10-4-3-5-16(8-10)20(2,17)18/h7,10H,3-6,8-9H2,1-2H3. The Kier molecular flexibility index (Phi) is 5.39. The van der Waals surface area contributed by atoms with Crippen molar-refractivity contribution in [1.82, 2.24) is 13.9 Å². The molecule has 8 heteroatoms. The number of piperidine rings is 1. The molecule has 5 nitrogen and oxygen atoms in total. The largest absolute Gasteiger partial charge is 0.325 e. The molecule has 1 saturated heterocycles. The summed E-state index contributed by atoms with van der Waals surface area (Å²) in [5.74, 6) is 1.73. The van der Waals surface area contributed by atoms with Crippen LogP contribution < -0.4 is 0 Å². The zero-order chi connectivity index (χ0) is 14.8. The van der Waals surface area contributed by atoms with Gasteiger partial charge in [-0.15, -0.1) is 11.6 Å². The maximum absolute atomic E-state index is 11.6. The minimum Gasteiger partial charge on any atom is -0.325 e. The summed E-state index contributed by atoms with van der Waals surface area (Å²) in [4.78, 5) is 4.35. The lowest BCUT2D eigenvalue weighted by molar-refractivity contribution is 0.286. The van der Waals surface area contributed by atoms with Gasteiger partial charge in [0, 0.05) is 25.9 Å². The summed E-state index contributed by atoms with van der Waals surface area (Å²) < 4.78 is 26.8. The highest BCUT2D eigenvalue weighted by molar-refractivity contribution is 7.99. The van der Waals surface area contributed by atoms with E-state index >= 15 is 0 Å². The van der Waals surface area contributed by atoms with Gasteiger partial charge in [-0.25, -0.2) is 17.7 Å².